The lowest BCUT2D eigenvalue weighted by Crippen LogP contribution is -2.26. The van der Waals surface area contributed by atoms with Crippen LogP contribution in [-0.2, 0) is 16.6 Å². The highest BCUT2D eigenvalue weighted by atomic mass is 32.2. The Hall–Kier alpha value is -2.38. The summed E-state index contributed by atoms with van der Waals surface area (Å²) in [4.78, 5) is 15.0. The number of hydrogen-bond acceptors (Lipinski definition) is 3. The van der Waals surface area contributed by atoms with E-state index in [1.165, 1.54) is 0 Å². The van der Waals surface area contributed by atoms with Crippen LogP contribution in [-0.4, -0.2) is 24.5 Å². The molecule has 0 amide bonds. The van der Waals surface area contributed by atoms with Gasteiger partial charge in [0, 0.05) is 13.1 Å². The van der Waals surface area contributed by atoms with Crippen LogP contribution < -0.4 is 10.4 Å². The third-order valence-electron chi connectivity index (χ3n) is 3.86. The van der Waals surface area contributed by atoms with Crippen molar-refractivity contribution in [2.75, 3.05) is 6.54 Å². The maximum Gasteiger partial charge on any atom is 0.326 e. The van der Waals surface area contributed by atoms with Gasteiger partial charge in [0.2, 0.25) is 10.0 Å². The lowest BCUT2D eigenvalue weighted by Gasteiger charge is -2.07. The van der Waals surface area contributed by atoms with Gasteiger partial charge in [-0.2, -0.15) is 0 Å². The van der Waals surface area contributed by atoms with Gasteiger partial charge in [-0.15, -0.1) is 0 Å². The van der Waals surface area contributed by atoms with Gasteiger partial charge in [0.1, 0.15) is 0 Å². The standard InChI is InChI=1S/C17H19N3O3S/c1-13-7-9-14(10-8-13)24(22,23)18-11-4-12-20-16-6-3-2-5-15(16)19-17(20)21/h2-3,5-10,18H,4,11-12H2,1H3,(H,19,21). The molecular formula is C17H19N3O3S. The van der Waals surface area contributed by atoms with Crippen LogP contribution in [0.2, 0.25) is 0 Å². The van der Waals surface area contributed by atoms with Crippen molar-refractivity contribution in [3.05, 3.63) is 64.6 Å². The molecule has 2 N–H and O–H groups in total. The Kier molecular flexibility index (Phi) is 4.55. The van der Waals surface area contributed by atoms with Crippen molar-refractivity contribution in [1.82, 2.24) is 14.3 Å². The van der Waals surface area contributed by atoms with Gasteiger partial charge in [-0.1, -0.05) is 29.8 Å². The minimum atomic E-state index is -3.52. The van der Waals surface area contributed by atoms with Gasteiger partial charge in [0.05, 0.1) is 15.9 Å². The minimum Gasteiger partial charge on any atom is -0.306 e. The quantitative estimate of drug-likeness (QED) is 0.670. The zero-order valence-electron chi connectivity index (χ0n) is 13.3. The highest BCUT2D eigenvalue weighted by molar-refractivity contribution is 7.89. The van der Waals surface area contributed by atoms with Gasteiger partial charge < -0.3 is 4.98 Å². The predicted molar refractivity (Wildman–Crippen MR) is 93.5 cm³/mol. The minimum absolute atomic E-state index is 0.183. The normalized spacial score (nSPS) is 11.9. The number of rotatable bonds is 6. The van der Waals surface area contributed by atoms with Gasteiger partial charge in [-0.25, -0.2) is 17.9 Å². The lowest BCUT2D eigenvalue weighted by atomic mass is 10.2. The Morgan fingerprint density at radius 3 is 2.54 bits per heavy atom. The van der Waals surface area contributed by atoms with E-state index in [0.717, 1.165) is 16.6 Å². The summed E-state index contributed by atoms with van der Waals surface area (Å²) >= 11 is 0. The largest absolute Gasteiger partial charge is 0.326 e. The first-order chi connectivity index (χ1) is 11.5. The Balaban J connectivity index is 1.63. The number of benzene rings is 2. The van der Waals surface area contributed by atoms with Crippen LogP contribution in [0.25, 0.3) is 11.0 Å². The number of fused-ring (bicyclic) bond motifs is 1. The van der Waals surface area contributed by atoms with Crippen molar-refractivity contribution in [3.8, 4) is 0 Å². The van der Waals surface area contributed by atoms with Crippen molar-refractivity contribution in [2.45, 2.75) is 24.8 Å². The average molecular weight is 345 g/mol. The molecule has 0 bridgehead atoms. The fraction of sp³-hybridized carbons (Fsp3) is 0.235. The van der Waals surface area contributed by atoms with Gasteiger partial charge in [0.15, 0.2) is 0 Å². The van der Waals surface area contributed by atoms with Gasteiger partial charge in [-0.3, -0.25) is 4.57 Å². The summed E-state index contributed by atoms with van der Waals surface area (Å²) in [7, 11) is -3.52. The Morgan fingerprint density at radius 2 is 1.79 bits per heavy atom. The van der Waals surface area contributed by atoms with E-state index in [9.17, 15) is 13.2 Å². The molecule has 0 atom stereocenters. The maximum atomic E-state index is 12.2. The fourth-order valence-corrected chi connectivity index (χ4v) is 3.65. The van der Waals surface area contributed by atoms with E-state index in [0.29, 0.717) is 13.0 Å². The molecule has 0 spiro atoms. The topological polar surface area (TPSA) is 84.0 Å². The third-order valence-corrected chi connectivity index (χ3v) is 5.34. The molecule has 0 aliphatic rings. The van der Waals surface area contributed by atoms with E-state index in [4.69, 9.17) is 0 Å². The second kappa shape index (κ2) is 6.62. The molecule has 1 aromatic heterocycles. The summed E-state index contributed by atoms with van der Waals surface area (Å²) in [5, 5.41) is 0. The molecule has 0 aliphatic heterocycles. The van der Waals surface area contributed by atoms with Crippen molar-refractivity contribution in [1.29, 1.82) is 0 Å². The fourth-order valence-electron chi connectivity index (χ4n) is 2.57. The zero-order valence-corrected chi connectivity index (χ0v) is 14.1. The summed E-state index contributed by atoms with van der Waals surface area (Å²) in [5.74, 6) is 0. The highest BCUT2D eigenvalue weighted by Gasteiger charge is 2.13. The second-order valence-corrected chi connectivity index (χ2v) is 7.43. The van der Waals surface area contributed by atoms with E-state index in [1.54, 1.807) is 28.8 Å². The molecule has 0 saturated heterocycles. The number of nitrogens with zero attached hydrogens (tertiary/aromatic N) is 1. The van der Waals surface area contributed by atoms with Crippen LogP contribution in [0.15, 0.2) is 58.2 Å². The van der Waals surface area contributed by atoms with E-state index in [1.807, 2.05) is 31.2 Å². The number of hydrogen-bond donors (Lipinski definition) is 2. The van der Waals surface area contributed by atoms with E-state index in [-0.39, 0.29) is 17.1 Å². The van der Waals surface area contributed by atoms with Crippen LogP contribution >= 0.6 is 0 Å². The molecule has 126 valence electrons. The summed E-state index contributed by atoms with van der Waals surface area (Å²) in [6.45, 7) is 2.62. The number of H-pyrrole nitrogens is 1. The van der Waals surface area contributed by atoms with Crippen LogP contribution in [0.5, 0.6) is 0 Å². The van der Waals surface area contributed by atoms with Crippen LogP contribution in [0.1, 0.15) is 12.0 Å². The molecule has 0 radical (unpaired) electrons. The number of nitrogens with one attached hydrogen (secondary N) is 2. The lowest BCUT2D eigenvalue weighted by molar-refractivity contribution is 0.569. The highest BCUT2D eigenvalue weighted by Crippen LogP contribution is 2.11. The SMILES string of the molecule is Cc1ccc(S(=O)(=O)NCCCn2c(=O)[nH]c3ccccc32)cc1. The van der Waals surface area contributed by atoms with Crippen LogP contribution in [0.4, 0.5) is 0 Å². The average Bonchev–Trinajstić information content (AvgIpc) is 2.87. The van der Waals surface area contributed by atoms with E-state index < -0.39 is 10.0 Å². The first-order valence-corrected chi connectivity index (χ1v) is 9.19. The van der Waals surface area contributed by atoms with E-state index in [2.05, 4.69) is 9.71 Å². The molecule has 24 heavy (non-hydrogen) atoms. The predicted octanol–water partition coefficient (Wildman–Crippen LogP) is 2.01. The number of aryl methyl sites for hydroxylation is 2. The molecular weight excluding hydrogens is 326 g/mol. The first-order valence-electron chi connectivity index (χ1n) is 7.71. The monoisotopic (exact) mass is 345 g/mol. The summed E-state index contributed by atoms with van der Waals surface area (Å²) < 4.78 is 28.6. The van der Waals surface area contributed by atoms with Gasteiger partial charge >= 0.3 is 5.69 Å². The summed E-state index contributed by atoms with van der Waals surface area (Å²) in [6, 6.07) is 14.1. The summed E-state index contributed by atoms with van der Waals surface area (Å²) in [6.07, 6.45) is 0.521. The third kappa shape index (κ3) is 3.42. The molecule has 0 aliphatic carbocycles. The van der Waals surface area contributed by atoms with Crippen molar-refractivity contribution in [3.63, 3.8) is 0 Å². The van der Waals surface area contributed by atoms with Crippen molar-refractivity contribution < 1.29 is 8.42 Å². The number of imidazole rings is 1. The molecule has 0 unspecified atom stereocenters. The molecule has 0 saturated carbocycles. The van der Waals surface area contributed by atoms with Gasteiger partial charge in [0.25, 0.3) is 0 Å². The molecule has 3 aromatic rings. The smallest absolute Gasteiger partial charge is 0.306 e. The summed E-state index contributed by atoms with van der Waals surface area (Å²) in [5.41, 5.74) is 2.43. The molecule has 3 rings (SSSR count). The Labute approximate surface area is 140 Å². The molecule has 7 heteroatoms. The number of sulfonamides is 1. The van der Waals surface area contributed by atoms with E-state index >= 15 is 0 Å². The van der Waals surface area contributed by atoms with Gasteiger partial charge in [-0.05, 0) is 37.6 Å². The van der Waals surface area contributed by atoms with Crippen molar-refractivity contribution in [2.24, 2.45) is 0 Å². The Morgan fingerprint density at radius 1 is 1.08 bits per heavy atom. The first kappa shape index (κ1) is 16.5. The van der Waals surface area contributed by atoms with Crippen LogP contribution in [0.3, 0.4) is 0 Å². The molecule has 0 fully saturated rings. The zero-order chi connectivity index (χ0) is 17.2. The number of para-hydroxylation sites is 2. The number of aromatic nitrogens is 2. The second-order valence-electron chi connectivity index (χ2n) is 5.66. The maximum absolute atomic E-state index is 12.2. The van der Waals surface area contributed by atoms with Crippen molar-refractivity contribution >= 4 is 21.1 Å². The molecule has 6 nitrogen and oxygen atoms in total. The molecule has 1 heterocycles. The molecule has 2 aromatic carbocycles. The van der Waals surface area contributed by atoms with Crippen LogP contribution in [0, 0.1) is 6.92 Å². The number of aromatic amines is 1. The Bertz CT molecular complexity index is 1000.